The first kappa shape index (κ1) is 12.5. The van der Waals surface area contributed by atoms with Gasteiger partial charge in [0.2, 0.25) is 0 Å². The molecule has 2 aromatic rings. The molecule has 0 aromatic carbocycles. The molecule has 1 amide bonds. The third-order valence-electron chi connectivity index (χ3n) is 1.95. The van der Waals surface area contributed by atoms with Crippen molar-refractivity contribution in [3.63, 3.8) is 0 Å². The predicted molar refractivity (Wildman–Crippen MR) is 71.8 cm³/mol. The maximum Gasteiger partial charge on any atom is 0.266 e. The van der Waals surface area contributed by atoms with Gasteiger partial charge in [0.25, 0.3) is 5.91 Å². The number of halogens is 2. The van der Waals surface area contributed by atoms with Gasteiger partial charge in [0.05, 0.1) is 8.66 Å². The van der Waals surface area contributed by atoms with Gasteiger partial charge in [0.1, 0.15) is 0 Å². The topological polar surface area (TPSA) is 54.9 Å². The first-order valence-corrected chi connectivity index (χ1v) is 6.61. The molecule has 0 unspecified atom stereocenters. The summed E-state index contributed by atoms with van der Waals surface area (Å²) in [6.45, 7) is 1.93. The number of nitrogens with one attached hydrogen (secondary N) is 1. The van der Waals surface area contributed by atoms with Crippen molar-refractivity contribution >= 4 is 50.6 Å². The molecule has 0 aliphatic heterocycles. The first-order chi connectivity index (χ1) is 8.06. The van der Waals surface area contributed by atoms with E-state index in [4.69, 9.17) is 11.6 Å². The molecule has 0 saturated carbocycles. The van der Waals surface area contributed by atoms with E-state index in [9.17, 15) is 4.79 Å². The Labute approximate surface area is 115 Å². The summed E-state index contributed by atoms with van der Waals surface area (Å²) in [5.41, 5.74) is 1.03. The second kappa shape index (κ2) is 5.12. The summed E-state index contributed by atoms with van der Waals surface area (Å²) in [6.07, 6.45) is 0. The summed E-state index contributed by atoms with van der Waals surface area (Å²) in [6, 6.07) is 4.98. The van der Waals surface area contributed by atoms with Crippen LogP contribution in [0.2, 0.25) is 5.15 Å². The van der Waals surface area contributed by atoms with Crippen LogP contribution in [0.4, 0.5) is 5.82 Å². The van der Waals surface area contributed by atoms with E-state index in [-0.39, 0.29) is 11.1 Å². The molecule has 0 atom stereocenters. The molecular formula is C10H7BrClN3OS. The lowest BCUT2D eigenvalue weighted by molar-refractivity contribution is 0.103. The highest BCUT2D eigenvalue weighted by Crippen LogP contribution is 2.27. The molecule has 0 bridgehead atoms. The maximum atomic E-state index is 11.8. The number of thiophene rings is 1. The summed E-state index contributed by atoms with van der Waals surface area (Å²) in [7, 11) is 0. The number of carbonyl (C=O) groups is 1. The zero-order chi connectivity index (χ0) is 12.4. The average molecular weight is 333 g/mol. The van der Waals surface area contributed by atoms with Gasteiger partial charge in [0.15, 0.2) is 11.0 Å². The third kappa shape index (κ3) is 3.02. The standard InChI is InChI=1S/C10H7BrClN3OS/c1-5-4-6(17-9(5)11)10(16)13-8-3-2-7(12)14-15-8/h2-4H,1H3,(H,13,15,16). The summed E-state index contributed by atoms with van der Waals surface area (Å²) in [5, 5.41) is 10.3. The van der Waals surface area contributed by atoms with Gasteiger partial charge in [-0.3, -0.25) is 4.79 Å². The van der Waals surface area contributed by atoms with Crippen molar-refractivity contribution in [3.05, 3.63) is 37.6 Å². The van der Waals surface area contributed by atoms with Gasteiger partial charge in [-0.15, -0.1) is 21.5 Å². The van der Waals surface area contributed by atoms with Crippen molar-refractivity contribution < 1.29 is 4.79 Å². The molecular weight excluding hydrogens is 326 g/mol. The van der Waals surface area contributed by atoms with E-state index in [2.05, 4.69) is 31.4 Å². The van der Waals surface area contributed by atoms with E-state index >= 15 is 0 Å². The van der Waals surface area contributed by atoms with Crippen LogP contribution in [0.15, 0.2) is 22.0 Å². The number of carbonyl (C=O) groups excluding carboxylic acids is 1. The van der Waals surface area contributed by atoms with E-state index in [0.717, 1.165) is 9.35 Å². The first-order valence-electron chi connectivity index (χ1n) is 4.63. The van der Waals surface area contributed by atoms with E-state index in [1.807, 2.05) is 13.0 Å². The van der Waals surface area contributed by atoms with E-state index in [1.165, 1.54) is 11.3 Å². The van der Waals surface area contributed by atoms with Crippen LogP contribution >= 0.6 is 38.9 Å². The largest absolute Gasteiger partial charge is 0.304 e. The third-order valence-corrected chi connectivity index (χ3v) is 4.29. The van der Waals surface area contributed by atoms with Crippen molar-refractivity contribution in [1.82, 2.24) is 10.2 Å². The molecule has 17 heavy (non-hydrogen) atoms. The van der Waals surface area contributed by atoms with Gasteiger partial charge in [-0.1, -0.05) is 11.6 Å². The van der Waals surface area contributed by atoms with Crippen LogP contribution in [-0.4, -0.2) is 16.1 Å². The van der Waals surface area contributed by atoms with E-state index in [1.54, 1.807) is 12.1 Å². The van der Waals surface area contributed by atoms with Crippen molar-refractivity contribution in [3.8, 4) is 0 Å². The smallest absolute Gasteiger partial charge is 0.266 e. The minimum atomic E-state index is -0.208. The lowest BCUT2D eigenvalue weighted by Gasteiger charge is -2.00. The number of rotatable bonds is 2. The van der Waals surface area contributed by atoms with Crippen LogP contribution in [0, 0.1) is 6.92 Å². The Kier molecular flexibility index (Phi) is 3.76. The summed E-state index contributed by atoms with van der Waals surface area (Å²) in [4.78, 5) is 12.5. The summed E-state index contributed by atoms with van der Waals surface area (Å²) < 4.78 is 0.949. The lowest BCUT2D eigenvalue weighted by atomic mass is 10.3. The molecule has 2 heterocycles. The molecule has 0 fully saturated rings. The Morgan fingerprint density at radius 1 is 1.47 bits per heavy atom. The Hall–Kier alpha value is -0.980. The zero-order valence-corrected chi connectivity index (χ0v) is 11.9. The Bertz CT molecular complexity index is 536. The van der Waals surface area contributed by atoms with Gasteiger partial charge in [-0.25, -0.2) is 0 Å². The molecule has 0 spiro atoms. The van der Waals surface area contributed by atoms with Gasteiger partial charge >= 0.3 is 0 Å². The monoisotopic (exact) mass is 331 g/mol. The molecule has 0 aliphatic rings. The predicted octanol–water partition coefficient (Wildman–Crippen LogP) is 3.51. The second-order valence-corrected chi connectivity index (χ2v) is 6.02. The fourth-order valence-electron chi connectivity index (χ4n) is 1.13. The van der Waals surface area contributed by atoms with Crippen LogP contribution in [0.5, 0.6) is 0 Å². The molecule has 0 aliphatic carbocycles. The number of nitrogens with zero attached hydrogens (tertiary/aromatic N) is 2. The molecule has 2 aromatic heterocycles. The average Bonchev–Trinajstić information content (AvgIpc) is 2.63. The highest BCUT2D eigenvalue weighted by Gasteiger charge is 2.11. The molecule has 0 radical (unpaired) electrons. The Balaban J connectivity index is 2.14. The van der Waals surface area contributed by atoms with Gasteiger partial charge < -0.3 is 5.32 Å². The fourth-order valence-corrected chi connectivity index (χ4v) is 2.66. The molecule has 88 valence electrons. The second-order valence-electron chi connectivity index (χ2n) is 3.26. The fraction of sp³-hybridized carbons (Fsp3) is 0.100. The molecule has 1 N–H and O–H groups in total. The quantitative estimate of drug-likeness (QED) is 0.915. The summed E-state index contributed by atoms with van der Waals surface area (Å²) >= 11 is 10.3. The van der Waals surface area contributed by atoms with E-state index in [0.29, 0.717) is 10.7 Å². The number of aryl methyl sites for hydroxylation is 1. The molecule has 4 nitrogen and oxygen atoms in total. The van der Waals surface area contributed by atoms with Crippen LogP contribution in [0.3, 0.4) is 0 Å². The normalized spacial score (nSPS) is 10.3. The SMILES string of the molecule is Cc1cc(C(=O)Nc2ccc(Cl)nn2)sc1Br. The minimum absolute atomic E-state index is 0.208. The van der Waals surface area contributed by atoms with Gasteiger partial charge in [-0.2, -0.15) is 0 Å². The molecule has 7 heteroatoms. The number of amides is 1. The Morgan fingerprint density at radius 3 is 2.76 bits per heavy atom. The number of hydrogen-bond donors (Lipinski definition) is 1. The lowest BCUT2D eigenvalue weighted by Crippen LogP contribution is -2.11. The van der Waals surface area contributed by atoms with Gasteiger partial charge in [0, 0.05) is 0 Å². The number of aromatic nitrogens is 2. The van der Waals surface area contributed by atoms with Crippen molar-refractivity contribution in [2.24, 2.45) is 0 Å². The van der Waals surface area contributed by atoms with Crippen LogP contribution in [-0.2, 0) is 0 Å². The summed E-state index contributed by atoms with van der Waals surface area (Å²) in [5.74, 6) is 0.169. The highest BCUT2D eigenvalue weighted by molar-refractivity contribution is 9.11. The van der Waals surface area contributed by atoms with Crippen LogP contribution < -0.4 is 5.32 Å². The minimum Gasteiger partial charge on any atom is -0.304 e. The maximum absolute atomic E-state index is 11.8. The van der Waals surface area contributed by atoms with Crippen LogP contribution in [0.25, 0.3) is 0 Å². The van der Waals surface area contributed by atoms with E-state index < -0.39 is 0 Å². The zero-order valence-electron chi connectivity index (χ0n) is 8.70. The molecule has 2 rings (SSSR count). The Morgan fingerprint density at radius 2 is 2.24 bits per heavy atom. The number of hydrogen-bond acceptors (Lipinski definition) is 4. The van der Waals surface area contributed by atoms with Gasteiger partial charge in [-0.05, 0) is 46.6 Å². The van der Waals surface area contributed by atoms with Crippen LogP contribution in [0.1, 0.15) is 15.2 Å². The van der Waals surface area contributed by atoms with Crippen molar-refractivity contribution in [2.45, 2.75) is 6.92 Å². The molecule has 0 saturated heterocycles. The highest BCUT2D eigenvalue weighted by atomic mass is 79.9. The van der Waals surface area contributed by atoms with Crippen molar-refractivity contribution in [1.29, 1.82) is 0 Å². The van der Waals surface area contributed by atoms with Crippen molar-refractivity contribution in [2.75, 3.05) is 5.32 Å². The number of anilines is 1.